The number of ether oxygens (including phenoxy) is 1. The van der Waals surface area contributed by atoms with E-state index in [-0.39, 0.29) is 30.7 Å². The van der Waals surface area contributed by atoms with Crippen LogP contribution in [0.3, 0.4) is 0 Å². The van der Waals surface area contributed by atoms with E-state index in [4.69, 9.17) is 4.74 Å². The van der Waals surface area contributed by atoms with Crippen LogP contribution in [0.4, 0.5) is 5.13 Å². The Kier molecular flexibility index (Phi) is 8.90. The molecule has 0 aliphatic heterocycles. The van der Waals surface area contributed by atoms with Crippen molar-refractivity contribution < 1.29 is 19.1 Å². The number of carbonyl (C=O) groups excluding carboxylic acids is 3. The molecule has 33 heavy (non-hydrogen) atoms. The summed E-state index contributed by atoms with van der Waals surface area (Å²) in [5, 5.41) is 17.2. The maximum absolute atomic E-state index is 12.2. The molecule has 172 valence electrons. The molecule has 3 N–H and O–H groups in total. The van der Waals surface area contributed by atoms with Crippen molar-refractivity contribution in [2.45, 2.75) is 12.8 Å². The number of rotatable bonds is 10. The van der Waals surface area contributed by atoms with E-state index in [9.17, 15) is 14.4 Å². The zero-order valence-corrected chi connectivity index (χ0v) is 20.2. The number of methoxy groups -OCH3 is 1. The van der Waals surface area contributed by atoms with Gasteiger partial charge in [-0.15, -0.1) is 10.2 Å². The van der Waals surface area contributed by atoms with Gasteiger partial charge in [-0.25, -0.2) is 0 Å². The first-order valence-electron chi connectivity index (χ1n) is 10.0. The van der Waals surface area contributed by atoms with Crippen molar-refractivity contribution >= 4 is 50.1 Å². The van der Waals surface area contributed by atoms with E-state index < -0.39 is 0 Å². The van der Waals surface area contributed by atoms with Gasteiger partial charge in [0.1, 0.15) is 10.8 Å². The molecule has 0 saturated heterocycles. The normalized spacial score (nSPS) is 10.4. The molecule has 2 aromatic carbocycles. The first kappa shape index (κ1) is 24.3. The molecule has 0 saturated carbocycles. The minimum Gasteiger partial charge on any atom is -0.497 e. The quantitative estimate of drug-likeness (QED) is 0.369. The Balaban J connectivity index is 1.37. The molecule has 3 amide bonds. The Morgan fingerprint density at radius 2 is 1.67 bits per heavy atom. The lowest BCUT2D eigenvalue weighted by molar-refractivity contribution is -0.116. The van der Waals surface area contributed by atoms with Crippen LogP contribution in [0.5, 0.6) is 5.75 Å². The second kappa shape index (κ2) is 12.1. The van der Waals surface area contributed by atoms with Gasteiger partial charge in [-0.2, -0.15) is 0 Å². The zero-order chi connectivity index (χ0) is 23.6. The summed E-state index contributed by atoms with van der Waals surface area (Å²) in [6.45, 7) is 0.569. The monoisotopic (exact) mass is 531 g/mol. The summed E-state index contributed by atoms with van der Waals surface area (Å²) in [7, 11) is 1.53. The summed E-state index contributed by atoms with van der Waals surface area (Å²) < 4.78 is 5.93. The molecule has 3 rings (SSSR count). The summed E-state index contributed by atoms with van der Waals surface area (Å²) >= 11 is 4.58. The first-order chi connectivity index (χ1) is 15.9. The summed E-state index contributed by atoms with van der Waals surface area (Å²) in [5.41, 5.74) is 1.02. The average Bonchev–Trinajstić information content (AvgIpc) is 3.25. The number of nitrogens with zero attached hydrogens (tertiary/aromatic N) is 2. The van der Waals surface area contributed by atoms with E-state index in [0.717, 1.165) is 4.47 Å². The van der Waals surface area contributed by atoms with Crippen LogP contribution in [0, 0.1) is 0 Å². The van der Waals surface area contributed by atoms with Gasteiger partial charge in [-0.1, -0.05) is 39.4 Å². The number of nitrogens with one attached hydrogen (secondary N) is 3. The SMILES string of the molecule is COc1cccc(C(=O)NCCC(=O)Nc2nnc(CCNC(=O)c3cccc(Br)c3)s2)c1. The van der Waals surface area contributed by atoms with Crippen molar-refractivity contribution in [1.29, 1.82) is 0 Å². The van der Waals surface area contributed by atoms with Crippen molar-refractivity contribution in [3.63, 3.8) is 0 Å². The molecule has 9 nitrogen and oxygen atoms in total. The fourth-order valence-corrected chi connectivity index (χ4v) is 3.91. The fraction of sp³-hybridized carbons (Fsp3) is 0.227. The fourth-order valence-electron chi connectivity index (χ4n) is 2.76. The summed E-state index contributed by atoms with van der Waals surface area (Å²) in [6.07, 6.45) is 0.581. The number of aromatic nitrogens is 2. The largest absolute Gasteiger partial charge is 0.497 e. The number of amides is 3. The summed E-state index contributed by atoms with van der Waals surface area (Å²) in [4.78, 5) is 36.4. The maximum Gasteiger partial charge on any atom is 0.251 e. The van der Waals surface area contributed by atoms with Crippen LogP contribution in [0.15, 0.2) is 53.0 Å². The third kappa shape index (κ3) is 7.65. The lowest BCUT2D eigenvalue weighted by Crippen LogP contribution is -2.27. The third-order valence-electron chi connectivity index (χ3n) is 4.39. The third-order valence-corrected chi connectivity index (χ3v) is 5.79. The van der Waals surface area contributed by atoms with Crippen molar-refractivity contribution in [2.75, 3.05) is 25.5 Å². The molecule has 1 aromatic heterocycles. The molecule has 0 radical (unpaired) electrons. The second-order valence-corrected chi connectivity index (χ2v) is 8.78. The second-order valence-electron chi connectivity index (χ2n) is 6.80. The van der Waals surface area contributed by atoms with Gasteiger partial charge in [0.15, 0.2) is 0 Å². The van der Waals surface area contributed by atoms with Crippen molar-refractivity contribution in [3.05, 3.63) is 69.1 Å². The van der Waals surface area contributed by atoms with Crippen LogP contribution in [0.2, 0.25) is 0 Å². The molecule has 0 aliphatic rings. The highest BCUT2D eigenvalue weighted by molar-refractivity contribution is 9.10. The van der Waals surface area contributed by atoms with E-state index in [2.05, 4.69) is 42.1 Å². The van der Waals surface area contributed by atoms with Crippen LogP contribution in [0.25, 0.3) is 0 Å². The Labute approximate surface area is 203 Å². The Bertz CT molecular complexity index is 1140. The van der Waals surface area contributed by atoms with E-state index in [1.165, 1.54) is 18.4 Å². The summed E-state index contributed by atoms with van der Waals surface area (Å²) in [6, 6.07) is 13.9. The molecule has 3 aromatic rings. The van der Waals surface area contributed by atoms with Gasteiger partial charge in [-0.3, -0.25) is 14.4 Å². The number of hydrogen-bond acceptors (Lipinski definition) is 7. The molecule has 0 aliphatic carbocycles. The molecule has 1 heterocycles. The molecule has 0 spiro atoms. The predicted octanol–water partition coefficient (Wildman–Crippen LogP) is 3.04. The maximum atomic E-state index is 12.2. The van der Waals surface area contributed by atoms with E-state index >= 15 is 0 Å². The highest BCUT2D eigenvalue weighted by atomic mass is 79.9. The number of halogens is 1. The predicted molar refractivity (Wildman–Crippen MR) is 129 cm³/mol. The lowest BCUT2D eigenvalue weighted by atomic mass is 10.2. The summed E-state index contributed by atoms with van der Waals surface area (Å²) in [5.74, 6) is -0.165. The van der Waals surface area contributed by atoms with E-state index in [1.54, 1.807) is 42.5 Å². The molecule has 0 atom stereocenters. The van der Waals surface area contributed by atoms with Gasteiger partial charge in [-0.05, 0) is 36.4 Å². The topological polar surface area (TPSA) is 122 Å². The highest BCUT2D eigenvalue weighted by Crippen LogP contribution is 2.16. The van der Waals surface area contributed by atoms with Gasteiger partial charge < -0.3 is 20.7 Å². The molecule has 0 unspecified atom stereocenters. The van der Waals surface area contributed by atoms with Crippen LogP contribution >= 0.6 is 27.3 Å². The van der Waals surface area contributed by atoms with Crippen LogP contribution < -0.4 is 20.7 Å². The Hall–Kier alpha value is -3.31. The Morgan fingerprint density at radius 1 is 0.970 bits per heavy atom. The van der Waals surface area contributed by atoms with Crippen LogP contribution in [-0.4, -0.2) is 48.1 Å². The molecule has 11 heteroatoms. The number of benzene rings is 2. The van der Waals surface area contributed by atoms with Gasteiger partial charge in [0.2, 0.25) is 11.0 Å². The van der Waals surface area contributed by atoms with E-state index in [0.29, 0.717) is 40.0 Å². The van der Waals surface area contributed by atoms with E-state index in [1.807, 2.05) is 6.07 Å². The average molecular weight is 532 g/mol. The van der Waals surface area contributed by atoms with Crippen molar-refractivity contribution in [1.82, 2.24) is 20.8 Å². The number of anilines is 1. The van der Waals surface area contributed by atoms with Crippen LogP contribution in [0.1, 0.15) is 32.1 Å². The van der Waals surface area contributed by atoms with Crippen molar-refractivity contribution in [3.8, 4) is 5.75 Å². The zero-order valence-electron chi connectivity index (χ0n) is 17.8. The standard InChI is InChI=1S/C22H22BrN5O4S/c1-32-17-7-3-5-15(13-17)21(31)24-10-8-18(29)26-22-28-27-19(33-22)9-11-25-20(30)14-4-2-6-16(23)12-14/h2-7,12-13H,8-11H2,1H3,(H,24,31)(H,25,30)(H,26,28,29). The van der Waals surface area contributed by atoms with Gasteiger partial charge in [0, 0.05) is 41.5 Å². The highest BCUT2D eigenvalue weighted by Gasteiger charge is 2.11. The smallest absolute Gasteiger partial charge is 0.251 e. The van der Waals surface area contributed by atoms with Gasteiger partial charge in [0.25, 0.3) is 11.8 Å². The van der Waals surface area contributed by atoms with Crippen molar-refractivity contribution in [2.24, 2.45) is 0 Å². The molecular formula is C22H22BrN5O4S. The number of hydrogen-bond donors (Lipinski definition) is 3. The first-order valence-corrected chi connectivity index (χ1v) is 11.6. The lowest BCUT2D eigenvalue weighted by Gasteiger charge is -2.06. The Morgan fingerprint density at radius 3 is 2.39 bits per heavy atom. The minimum absolute atomic E-state index is 0.0906. The minimum atomic E-state index is -0.287. The van der Waals surface area contributed by atoms with Gasteiger partial charge >= 0.3 is 0 Å². The van der Waals surface area contributed by atoms with Gasteiger partial charge in [0.05, 0.1) is 7.11 Å². The molecule has 0 fully saturated rings. The molecular weight excluding hydrogens is 510 g/mol. The number of carbonyl (C=O) groups is 3. The van der Waals surface area contributed by atoms with Crippen LogP contribution in [-0.2, 0) is 11.2 Å². The molecule has 0 bridgehead atoms.